The van der Waals surface area contributed by atoms with Gasteiger partial charge in [-0.05, 0) is 31.2 Å². The fourth-order valence-corrected chi connectivity index (χ4v) is 2.70. The molecule has 2 aromatic heterocycles. The molecule has 0 radical (unpaired) electrons. The summed E-state index contributed by atoms with van der Waals surface area (Å²) in [5.74, 6) is 1.12. The molecule has 0 saturated heterocycles. The van der Waals surface area contributed by atoms with Crippen molar-refractivity contribution in [1.29, 1.82) is 0 Å². The molecule has 5 nitrogen and oxygen atoms in total. The molecule has 4 rings (SSSR count). The predicted molar refractivity (Wildman–Crippen MR) is 101 cm³/mol. The van der Waals surface area contributed by atoms with Crippen LogP contribution in [-0.4, -0.2) is 15.2 Å². The molecule has 27 heavy (non-hydrogen) atoms. The highest BCUT2D eigenvalue weighted by Gasteiger charge is 2.15. The number of nitrogens with zero attached hydrogens (tertiary/aromatic N) is 3. The summed E-state index contributed by atoms with van der Waals surface area (Å²) in [6.45, 7) is 2.45. The summed E-state index contributed by atoms with van der Waals surface area (Å²) >= 11 is 0. The number of nitrogens with one attached hydrogen (secondary N) is 1. The Morgan fingerprint density at radius 2 is 1.78 bits per heavy atom. The van der Waals surface area contributed by atoms with E-state index < -0.39 is 0 Å². The Morgan fingerprint density at radius 1 is 0.963 bits per heavy atom. The molecule has 134 valence electrons. The van der Waals surface area contributed by atoms with Gasteiger partial charge in [-0.1, -0.05) is 42.0 Å². The lowest BCUT2D eigenvalue weighted by molar-refractivity contribution is 0.518. The van der Waals surface area contributed by atoms with Gasteiger partial charge in [-0.25, -0.2) is 9.37 Å². The normalized spacial score (nSPS) is 10.7. The van der Waals surface area contributed by atoms with E-state index in [1.54, 1.807) is 24.5 Å². The third kappa shape index (κ3) is 3.69. The second-order valence-electron chi connectivity index (χ2n) is 6.11. The highest BCUT2D eigenvalue weighted by molar-refractivity contribution is 5.72. The molecule has 0 bridgehead atoms. The Bertz CT molecular complexity index is 1050. The van der Waals surface area contributed by atoms with Crippen molar-refractivity contribution in [3.05, 3.63) is 84.1 Å². The zero-order valence-corrected chi connectivity index (χ0v) is 14.7. The number of hydrogen-bond acceptors (Lipinski definition) is 5. The number of aryl methyl sites for hydroxylation is 1. The molecule has 0 aliphatic heterocycles. The number of anilines is 1. The van der Waals surface area contributed by atoms with Crippen LogP contribution < -0.4 is 5.32 Å². The van der Waals surface area contributed by atoms with E-state index in [9.17, 15) is 4.39 Å². The molecule has 2 aromatic carbocycles. The van der Waals surface area contributed by atoms with Crippen molar-refractivity contribution in [3.63, 3.8) is 0 Å². The van der Waals surface area contributed by atoms with Gasteiger partial charge < -0.3 is 9.73 Å². The molecule has 6 heteroatoms. The van der Waals surface area contributed by atoms with E-state index in [0.717, 1.165) is 16.9 Å². The molecule has 0 unspecified atom stereocenters. The molecular weight excluding hydrogens is 343 g/mol. The van der Waals surface area contributed by atoms with Crippen LogP contribution in [0.5, 0.6) is 0 Å². The first-order chi connectivity index (χ1) is 13.2. The second kappa shape index (κ2) is 7.37. The molecule has 0 aliphatic carbocycles. The van der Waals surface area contributed by atoms with Crippen molar-refractivity contribution in [3.8, 4) is 22.6 Å². The van der Waals surface area contributed by atoms with E-state index in [1.165, 1.54) is 6.07 Å². The quantitative estimate of drug-likeness (QED) is 0.551. The third-order valence-electron chi connectivity index (χ3n) is 4.14. The lowest BCUT2D eigenvalue weighted by atomic mass is 10.1. The third-order valence-corrected chi connectivity index (χ3v) is 4.14. The van der Waals surface area contributed by atoms with Crippen LogP contribution in [0.3, 0.4) is 0 Å². The molecule has 0 aliphatic rings. The van der Waals surface area contributed by atoms with Crippen molar-refractivity contribution in [1.82, 2.24) is 15.2 Å². The monoisotopic (exact) mass is 360 g/mol. The summed E-state index contributed by atoms with van der Waals surface area (Å²) in [7, 11) is 0. The van der Waals surface area contributed by atoms with E-state index in [4.69, 9.17) is 4.42 Å². The minimum atomic E-state index is -0.389. The van der Waals surface area contributed by atoms with Crippen molar-refractivity contribution < 1.29 is 8.81 Å². The zero-order valence-electron chi connectivity index (χ0n) is 14.7. The van der Waals surface area contributed by atoms with Crippen molar-refractivity contribution in [2.24, 2.45) is 0 Å². The summed E-state index contributed by atoms with van der Waals surface area (Å²) in [6.07, 6.45) is 1.61. The van der Waals surface area contributed by atoms with Crippen LogP contribution in [0, 0.1) is 12.7 Å². The van der Waals surface area contributed by atoms with Gasteiger partial charge in [0.1, 0.15) is 17.3 Å². The van der Waals surface area contributed by atoms with Crippen molar-refractivity contribution >= 4 is 5.82 Å². The lowest BCUT2D eigenvalue weighted by Crippen LogP contribution is -2.07. The SMILES string of the molecule is Cc1ccc(-c2nnc(-c3ccccc3F)nc2NCc2ccco2)cc1. The highest BCUT2D eigenvalue weighted by atomic mass is 19.1. The van der Waals surface area contributed by atoms with Crippen LogP contribution in [-0.2, 0) is 6.54 Å². The predicted octanol–water partition coefficient (Wildman–Crippen LogP) is 4.86. The first-order valence-corrected chi connectivity index (χ1v) is 8.53. The van der Waals surface area contributed by atoms with Crippen molar-refractivity contribution in [2.75, 3.05) is 5.32 Å². The van der Waals surface area contributed by atoms with Gasteiger partial charge in [0, 0.05) is 5.56 Å². The van der Waals surface area contributed by atoms with Crippen LogP contribution in [0.25, 0.3) is 22.6 Å². The lowest BCUT2D eigenvalue weighted by Gasteiger charge is -2.11. The maximum atomic E-state index is 14.1. The fraction of sp³-hybridized carbons (Fsp3) is 0.0952. The first-order valence-electron chi connectivity index (χ1n) is 8.53. The van der Waals surface area contributed by atoms with Gasteiger partial charge in [-0.2, -0.15) is 0 Å². The smallest absolute Gasteiger partial charge is 0.186 e. The topological polar surface area (TPSA) is 63.8 Å². The van der Waals surface area contributed by atoms with E-state index in [1.807, 2.05) is 43.3 Å². The fourth-order valence-electron chi connectivity index (χ4n) is 2.70. The van der Waals surface area contributed by atoms with Crippen molar-refractivity contribution in [2.45, 2.75) is 13.5 Å². The van der Waals surface area contributed by atoms with Crippen LogP contribution in [0.15, 0.2) is 71.3 Å². The minimum Gasteiger partial charge on any atom is -0.467 e. The summed E-state index contributed by atoms with van der Waals surface area (Å²) in [6, 6.07) is 18.0. The molecule has 0 fully saturated rings. The Hall–Kier alpha value is -3.54. The summed E-state index contributed by atoms with van der Waals surface area (Å²) < 4.78 is 19.5. The number of aromatic nitrogens is 3. The number of furan rings is 1. The second-order valence-corrected chi connectivity index (χ2v) is 6.11. The van der Waals surface area contributed by atoms with Gasteiger partial charge in [0.25, 0.3) is 0 Å². The summed E-state index contributed by atoms with van der Waals surface area (Å²) in [5.41, 5.74) is 2.93. The average Bonchev–Trinajstić information content (AvgIpc) is 3.21. The first kappa shape index (κ1) is 16.9. The molecule has 2 heterocycles. The van der Waals surface area contributed by atoms with Gasteiger partial charge in [0.2, 0.25) is 0 Å². The van der Waals surface area contributed by atoms with Gasteiger partial charge in [0.05, 0.1) is 18.4 Å². The largest absolute Gasteiger partial charge is 0.467 e. The number of hydrogen-bond donors (Lipinski definition) is 1. The maximum Gasteiger partial charge on any atom is 0.186 e. The van der Waals surface area contributed by atoms with Crippen LogP contribution in [0.1, 0.15) is 11.3 Å². The zero-order chi connectivity index (χ0) is 18.6. The Labute approximate surface area is 155 Å². The van der Waals surface area contributed by atoms with Gasteiger partial charge in [0.15, 0.2) is 11.6 Å². The molecule has 0 spiro atoms. The van der Waals surface area contributed by atoms with E-state index in [-0.39, 0.29) is 11.6 Å². The van der Waals surface area contributed by atoms with Crippen LogP contribution in [0.2, 0.25) is 0 Å². The number of halogens is 1. The highest BCUT2D eigenvalue weighted by Crippen LogP contribution is 2.27. The van der Waals surface area contributed by atoms with E-state index in [2.05, 4.69) is 20.5 Å². The minimum absolute atomic E-state index is 0.228. The molecule has 0 amide bonds. The molecular formula is C21H17FN4O. The van der Waals surface area contributed by atoms with E-state index >= 15 is 0 Å². The molecule has 4 aromatic rings. The summed E-state index contributed by atoms with van der Waals surface area (Å²) in [5, 5.41) is 11.7. The Morgan fingerprint density at radius 3 is 2.52 bits per heavy atom. The standard InChI is InChI=1S/C21H17FN4O/c1-14-8-10-15(11-9-14)19-21(23-13-16-5-4-12-27-16)24-20(26-25-19)17-6-2-3-7-18(17)22/h2-12H,13H2,1H3,(H,23,24,26). The number of rotatable bonds is 5. The average molecular weight is 360 g/mol. The van der Waals surface area contributed by atoms with Gasteiger partial charge >= 0.3 is 0 Å². The Balaban J connectivity index is 1.75. The summed E-state index contributed by atoms with van der Waals surface area (Å²) in [4.78, 5) is 4.54. The maximum absolute atomic E-state index is 14.1. The van der Waals surface area contributed by atoms with Crippen LogP contribution >= 0.6 is 0 Å². The molecule has 0 atom stereocenters. The Kier molecular flexibility index (Phi) is 4.61. The van der Waals surface area contributed by atoms with Gasteiger partial charge in [-0.15, -0.1) is 10.2 Å². The number of benzene rings is 2. The van der Waals surface area contributed by atoms with E-state index in [0.29, 0.717) is 23.6 Å². The molecule has 0 saturated carbocycles. The van der Waals surface area contributed by atoms with Gasteiger partial charge in [-0.3, -0.25) is 0 Å². The molecule has 1 N–H and O–H groups in total. The van der Waals surface area contributed by atoms with Crippen LogP contribution in [0.4, 0.5) is 10.2 Å².